The molecule has 15 heavy (non-hydrogen) atoms. The van der Waals surface area contributed by atoms with Gasteiger partial charge in [0.25, 0.3) is 5.56 Å². The molecule has 0 saturated heterocycles. The van der Waals surface area contributed by atoms with Crippen LogP contribution in [0, 0.1) is 13.8 Å². The molecule has 0 atom stereocenters. The minimum atomic E-state index is -0.117. The Morgan fingerprint density at radius 2 is 2.07 bits per heavy atom. The summed E-state index contributed by atoms with van der Waals surface area (Å²) < 4.78 is 5.18. The maximum atomic E-state index is 11.7. The minimum absolute atomic E-state index is 0.117. The molecule has 0 saturated carbocycles. The fraction of sp³-hybridized carbons (Fsp3) is 0.273. The number of rotatable bonds is 1. The van der Waals surface area contributed by atoms with Crippen LogP contribution in [0.4, 0.5) is 0 Å². The maximum Gasteiger partial charge on any atom is 0.259 e. The van der Waals surface area contributed by atoms with Gasteiger partial charge < -0.3 is 9.72 Å². The summed E-state index contributed by atoms with van der Waals surface area (Å²) >= 11 is 0. The first-order chi connectivity index (χ1) is 7.13. The predicted molar refractivity (Wildman–Crippen MR) is 58.4 cm³/mol. The number of fused-ring (bicyclic) bond motifs is 1. The van der Waals surface area contributed by atoms with Crippen LogP contribution in [0.25, 0.3) is 10.9 Å². The molecule has 78 valence electrons. The van der Waals surface area contributed by atoms with Crippen molar-refractivity contribution in [3.63, 3.8) is 0 Å². The highest BCUT2D eigenvalue weighted by Gasteiger charge is 2.09. The number of aryl methyl sites for hydroxylation is 2. The van der Waals surface area contributed by atoms with Crippen molar-refractivity contribution in [3.05, 3.63) is 33.9 Å². The molecule has 1 heterocycles. The second kappa shape index (κ2) is 3.38. The van der Waals surface area contributed by atoms with Crippen molar-refractivity contribution in [2.75, 3.05) is 7.11 Å². The van der Waals surface area contributed by atoms with E-state index in [1.54, 1.807) is 14.0 Å². The van der Waals surface area contributed by atoms with E-state index in [2.05, 4.69) is 9.97 Å². The zero-order valence-corrected chi connectivity index (χ0v) is 8.92. The molecule has 0 aliphatic heterocycles. The number of nitrogens with zero attached hydrogens (tertiary/aromatic N) is 1. The van der Waals surface area contributed by atoms with Crippen LogP contribution in [0.2, 0.25) is 0 Å². The third-order valence-corrected chi connectivity index (χ3v) is 2.37. The lowest BCUT2D eigenvalue weighted by molar-refractivity contribution is 0.418. The van der Waals surface area contributed by atoms with Crippen LogP contribution in [-0.4, -0.2) is 17.1 Å². The number of methoxy groups -OCH3 is 1. The van der Waals surface area contributed by atoms with Crippen LogP contribution in [0.3, 0.4) is 0 Å². The van der Waals surface area contributed by atoms with Gasteiger partial charge in [-0.2, -0.15) is 0 Å². The molecule has 1 N–H and O–H groups in total. The summed E-state index contributed by atoms with van der Waals surface area (Å²) in [6.07, 6.45) is 0. The summed E-state index contributed by atoms with van der Waals surface area (Å²) in [6.45, 7) is 3.64. The quantitative estimate of drug-likeness (QED) is 0.766. The van der Waals surface area contributed by atoms with Gasteiger partial charge in [0.05, 0.1) is 12.5 Å². The molecule has 1 aromatic heterocycles. The Kier molecular flexibility index (Phi) is 2.19. The van der Waals surface area contributed by atoms with Gasteiger partial charge in [0, 0.05) is 0 Å². The van der Waals surface area contributed by atoms with Gasteiger partial charge in [-0.25, -0.2) is 4.98 Å². The molecule has 0 unspecified atom stereocenters. The van der Waals surface area contributed by atoms with Gasteiger partial charge in [-0.3, -0.25) is 4.79 Å². The lowest BCUT2D eigenvalue weighted by Gasteiger charge is -2.06. The average molecular weight is 204 g/mol. The third-order valence-electron chi connectivity index (χ3n) is 2.37. The van der Waals surface area contributed by atoms with Gasteiger partial charge in [-0.05, 0) is 25.5 Å². The van der Waals surface area contributed by atoms with Crippen LogP contribution in [0.1, 0.15) is 11.4 Å². The summed E-state index contributed by atoms with van der Waals surface area (Å²) in [5.41, 5.74) is 1.41. The van der Waals surface area contributed by atoms with Crippen molar-refractivity contribution in [3.8, 4) is 5.75 Å². The van der Waals surface area contributed by atoms with E-state index in [0.29, 0.717) is 22.5 Å². The molecule has 1 aromatic carbocycles. The molecule has 0 spiro atoms. The van der Waals surface area contributed by atoms with Gasteiger partial charge in [-0.1, -0.05) is 6.07 Å². The van der Waals surface area contributed by atoms with E-state index in [1.807, 2.05) is 19.1 Å². The molecule has 0 aliphatic rings. The predicted octanol–water partition coefficient (Wildman–Crippen LogP) is 1.55. The van der Waals surface area contributed by atoms with Gasteiger partial charge in [0.2, 0.25) is 0 Å². The van der Waals surface area contributed by atoms with Crippen LogP contribution in [0.15, 0.2) is 16.9 Å². The molecule has 0 bridgehead atoms. The molecule has 0 radical (unpaired) electrons. The van der Waals surface area contributed by atoms with Gasteiger partial charge in [0.1, 0.15) is 17.1 Å². The fourth-order valence-corrected chi connectivity index (χ4v) is 1.66. The van der Waals surface area contributed by atoms with Gasteiger partial charge in [-0.15, -0.1) is 0 Å². The van der Waals surface area contributed by atoms with E-state index in [-0.39, 0.29) is 5.56 Å². The number of benzene rings is 1. The topological polar surface area (TPSA) is 55.0 Å². The zero-order valence-electron chi connectivity index (χ0n) is 8.92. The number of aromatic amines is 1. The molecule has 4 heteroatoms. The molecule has 2 aromatic rings. The molecule has 0 aliphatic carbocycles. The van der Waals surface area contributed by atoms with E-state index in [1.165, 1.54) is 0 Å². The van der Waals surface area contributed by atoms with Crippen LogP contribution in [0.5, 0.6) is 5.75 Å². The molecule has 4 nitrogen and oxygen atoms in total. The van der Waals surface area contributed by atoms with E-state index >= 15 is 0 Å². The Morgan fingerprint density at radius 1 is 1.33 bits per heavy atom. The highest BCUT2D eigenvalue weighted by molar-refractivity contribution is 5.86. The summed E-state index contributed by atoms with van der Waals surface area (Å²) in [7, 11) is 1.57. The largest absolute Gasteiger partial charge is 0.494 e. The van der Waals surface area contributed by atoms with Crippen LogP contribution in [-0.2, 0) is 0 Å². The van der Waals surface area contributed by atoms with E-state index < -0.39 is 0 Å². The summed E-state index contributed by atoms with van der Waals surface area (Å²) in [5.74, 6) is 1.22. The molecule has 0 amide bonds. The maximum absolute atomic E-state index is 11.7. The second-order valence-corrected chi connectivity index (χ2v) is 3.46. The van der Waals surface area contributed by atoms with Crippen molar-refractivity contribution < 1.29 is 4.74 Å². The lowest BCUT2D eigenvalue weighted by atomic mass is 10.1. The summed E-state index contributed by atoms with van der Waals surface area (Å²) in [6, 6.07) is 3.68. The summed E-state index contributed by atoms with van der Waals surface area (Å²) in [5, 5.41) is 0.597. The standard InChI is InChI=1S/C11H12N2O2/c1-6-4-5-8(15-3)10-9(6)11(14)13-7(2)12-10/h4-5H,1-3H3,(H,12,13,14). The van der Waals surface area contributed by atoms with Gasteiger partial charge >= 0.3 is 0 Å². The molecular formula is C11H12N2O2. The first kappa shape index (κ1) is 9.71. The lowest BCUT2D eigenvalue weighted by Crippen LogP contribution is -2.11. The summed E-state index contributed by atoms with van der Waals surface area (Å²) in [4.78, 5) is 18.7. The minimum Gasteiger partial charge on any atom is -0.494 e. The number of hydrogen-bond acceptors (Lipinski definition) is 3. The Morgan fingerprint density at radius 3 is 2.73 bits per heavy atom. The number of aromatic nitrogens is 2. The SMILES string of the molecule is COc1ccc(C)c2c(=O)[nH]c(C)nc12. The second-order valence-electron chi connectivity index (χ2n) is 3.46. The highest BCUT2D eigenvalue weighted by Crippen LogP contribution is 2.23. The molecular weight excluding hydrogens is 192 g/mol. The number of nitrogens with one attached hydrogen (secondary N) is 1. The third kappa shape index (κ3) is 1.48. The van der Waals surface area contributed by atoms with Crippen molar-refractivity contribution in [2.24, 2.45) is 0 Å². The smallest absolute Gasteiger partial charge is 0.259 e. The Hall–Kier alpha value is -1.84. The highest BCUT2D eigenvalue weighted by atomic mass is 16.5. The average Bonchev–Trinajstić information content (AvgIpc) is 2.17. The van der Waals surface area contributed by atoms with E-state index in [4.69, 9.17) is 4.74 Å². The number of ether oxygens (including phenoxy) is 1. The normalized spacial score (nSPS) is 10.6. The van der Waals surface area contributed by atoms with Crippen molar-refractivity contribution >= 4 is 10.9 Å². The molecule has 0 fully saturated rings. The Labute approximate surface area is 86.9 Å². The van der Waals surface area contributed by atoms with Crippen molar-refractivity contribution in [2.45, 2.75) is 13.8 Å². The first-order valence-corrected chi connectivity index (χ1v) is 4.67. The fourth-order valence-electron chi connectivity index (χ4n) is 1.66. The van der Waals surface area contributed by atoms with Gasteiger partial charge in [0.15, 0.2) is 0 Å². The van der Waals surface area contributed by atoms with Crippen molar-refractivity contribution in [1.29, 1.82) is 0 Å². The molecule has 2 rings (SSSR count). The van der Waals surface area contributed by atoms with E-state index in [0.717, 1.165) is 5.56 Å². The monoisotopic (exact) mass is 204 g/mol. The van der Waals surface area contributed by atoms with E-state index in [9.17, 15) is 4.79 Å². The van der Waals surface area contributed by atoms with Crippen LogP contribution < -0.4 is 10.3 Å². The Balaban J connectivity index is 3.00. The first-order valence-electron chi connectivity index (χ1n) is 4.67. The number of H-pyrrole nitrogens is 1. The zero-order chi connectivity index (χ0) is 11.0. The number of hydrogen-bond donors (Lipinski definition) is 1. The Bertz CT molecular complexity index is 573. The van der Waals surface area contributed by atoms with Crippen LogP contribution >= 0.6 is 0 Å². The van der Waals surface area contributed by atoms with Crippen molar-refractivity contribution in [1.82, 2.24) is 9.97 Å².